The van der Waals surface area contributed by atoms with Gasteiger partial charge in [0.05, 0.1) is 75.3 Å². The molecule has 0 aliphatic carbocycles. The maximum absolute atomic E-state index is 12.9. The monoisotopic (exact) mass is 670 g/mol. The standard InChI is InChI=1S/C39H38N6O5/c1-47-34-11-7-30(8-12-34)36-37(31-9-13-35(48-2)14-10-31)45(38(44-36)33-22-28(24-41)21-29(23-33)25-42)26-27-3-5-32(6-4-27)39(46)43-16-18-50-20-19-49-17-15-40/h3-14,21-23H,15-20,26,40H2,1-2H3,(H,43,46). The molecule has 3 N–H and O–H groups in total. The van der Waals surface area contributed by atoms with Crippen molar-refractivity contribution in [2.24, 2.45) is 5.73 Å². The zero-order chi connectivity index (χ0) is 35.3. The first-order valence-electron chi connectivity index (χ1n) is 16.1. The van der Waals surface area contributed by atoms with Crippen molar-refractivity contribution in [1.29, 1.82) is 10.5 Å². The van der Waals surface area contributed by atoms with Crippen molar-refractivity contribution in [1.82, 2.24) is 14.9 Å². The Morgan fingerprint density at radius 2 is 1.34 bits per heavy atom. The van der Waals surface area contributed by atoms with Gasteiger partial charge in [-0.1, -0.05) is 12.1 Å². The number of methoxy groups -OCH3 is 2. The van der Waals surface area contributed by atoms with Gasteiger partial charge < -0.3 is 34.6 Å². The third-order valence-electron chi connectivity index (χ3n) is 7.87. The first-order valence-corrected chi connectivity index (χ1v) is 16.1. The maximum atomic E-state index is 12.9. The summed E-state index contributed by atoms with van der Waals surface area (Å²) >= 11 is 0. The smallest absolute Gasteiger partial charge is 0.251 e. The van der Waals surface area contributed by atoms with Gasteiger partial charge in [-0.05, 0) is 84.4 Å². The zero-order valence-corrected chi connectivity index (χ0v) is 28.0. The molecule has 0 bridgehead atoms. The highest BCUT2D eigenvalue weighted by molar-refractivity contribution is 5.94. The van der Waals surface area contributed by atoms with Gasteiger partial charge in [-0.25, -0.2) is 4.98 Å². The minimum atomic E-state index is -0.207. The molecule has 0 unspecified atom stereocenters. The van der Waals surface area contributed by atoms with Crippen LogP contribution >= 0.6 is 0 Å². The van der Waals surface area contributed by atoms with E-state index >= 15 is 0 Å². The minimum Gasteiger partial charge on any atom is -0.497 e. The fraction of sp³-hybridized carbons (Fsp3) is 0.231. The number of nitrogens with two attached hydrogens (primary N) is 1. The number of carbonyl (C=O) groups excluding carboxylic acids is 1. The molecule has 1 amide bonds. The number of ether oxygens (including phenoxy) is 4. The van der Waals surface area contributed by atoms with Crippen LogP contribution in [0.3, 0.4) is 0 Å². The molecule has 0 spiro atoms. The molecule has 0 aliphatic rings. The quantitative estimate of drug-likeness (QED) is 0.131. The normalized spacial score (nSPS) is 10.7. The van der Waals surface area contributed by atoms with Crippen molar-refractivity contribution in [2.45, 2.75) is 6.54 Å². The first-order chi connectivity index (χ1) is 24.5. The summed E-state index contributed by atoms with van der Waals surface area (Å²) in [5, 5.41) is 22.4. The third kappa shape index (κ3) is 8.73. The molecular formula is C39H38N6O5. The van der Waals surface area contributed by atoms with Crippen molar-refractivity contribution >= 4 is 5.91 Å². The lowest BCUT2D eigenvalue weighted by Gasteiger charge is -2.15. The van der Waals surface area contributed by atoms with E-state index in [9.17, 15) is 15.3 Å². The Labute approximate surface area is 291 Å². The van der Waals surface area contributed by atoms with E-state index in [1.54, 1.807) is 44.6 Å². The van der Waals surface area contributed by atoms with Crippen molar-refractivity contribution in [3.63, 3.8) is 0 Å². The largest absolute Gasteiger partial charge is 0.497 e. The van der Waals surface area contributed by atoms with Crippen molar-refractivity contribution in [2.75, 3.05) is 53.7 Å². The van der Waals surface area contributed by atoms with Crippen LogP contribution in [0.2, 0.25) is 0 Å². The number of nitrogens with one attached hydrogen (secondary N) is 1. The molecule has 5 aromatic rings. The summed E-state index contributed by atoms with van der Waals surface area (Å²) in [5.74, 6) is 1.79. The highest BCUT2D eigenvalue weighted by Crippen LogP contribution is 2.38. The molecule has 254 valence electrons. The Kier molecular flexibility index (Phi) is 12.3. The molecule has 5 rings (SSSR count). The van der Waals surface area contributed by atoms with Crippen LogP contribution in [0.4, 0.5) is 0 Å². The van der Waals surface area contributed by atoms with Gasteiger partial charge in [0.1, 0.15) is 17.3 Å². The second-order valence-electron chi connectivity index (χ2n) is 11.2. The van der Waals surface area contributed by atoms with Crippen molar-refractivity contribution < 1.29 is 23.7 Å². The molecular weight excluding hydrogens is 632 g/mol. The van der Waals surface area contributed by atoms with Crippen LogP contribution in [0, 0.1) is 22.7 Å². The third-order valence-corrected chi connectivity index (χ3v) is 7.87. The second kappa shape index (κ2) is 17.4. The van der Waals surface area contributed by atoms with Gasteiger partial charge in [-0.3, -0.25) is 4.79 Å². The van der Waals surface area contributed by atoms with Crippen LogP contribution in [0.1, 0.15) is 27.0 Å². The van der Waals surface area contributed by atoms with E-state index in [0.717, 1.165) is 22.4 Å². The number of hydrogen-bond donors (Lipinski definition) is 2. The molecule has 0 atom stereocenters. The summed E-state index contributed by atoms with van der Waals surface area (Å²) in [6, 6.07) is 32.1. The Hall–Kier alpha value is -5.98. The number of aromatic nitrogens is 2. The van der Waals surface area contributed by atoms with Gasteiger partial charge in [0.2, 0.25) is 0 Å². The Morgan fingerprint density at radius 1 is 0.760 bits per heavy atom. The topological polar surface area (TPSA) is 157 Å². The lowest BCUT2D eigenvalue weighted by molar-refractivity contribution is 0.0511. The molecule has 1 heterocycles. The number of nitriles is 2. The van der Waals surface area contributed by atoms with Gasteiger partial charge in [0.25, 0.3) is 5.91 Å². The van der Waals surface area contributed by atoms with Gasteiger partial charge in [-0.15, -0.1) is 0 Å². The molecule has 4 aromatic carbocycles. The molecule has 1 aromatic heterocycles. The average molecular weight is 671 g/mol. The molecule has 11 heteroatoms. The molecule has 11 nitrogen and oxygen atoms in total. The predicted octanol–water partition coefficient (Wildman–Crippen LogP) is 5.41. The summed E-state index contributed by atoms with van der Waals surface area (Å²) in [5.41, 5.74) is 11.4. The summed E-state index contributed by atoms with van der Waals surface area (Å²) in [6.07, 6.45) is 0. The van der Waals surface area contributed by atoms with E-state index in [1.165, 1.54) is 0 Å². The van der Waals surface area contributed by atoms with Crippen molar-refractivity contribution in [3.8, 4) is 57.5 Å². The molecule has 50 heavy (non-hydrogen) atoms. The fourth-order valence-electron chi connectivity index (χ4n) is 5.39. The van der Waals surface area contributed by atoms with Crippen LogP contribution < -0.4 is 20.5 Å². The lowest BCUT2D eigenvalue weighted by atomic mass is 10.0. The van der Waals surface area contributed by atoms with E-state index in [1.807, 2.05) is 60.7 Å². The number of amides is 1. The van der Waals surface area contributed by atoms with Crippen LogP contribution in [0.25, 0.3) is 33.9 Å². The summed E-state index contributed by atoms with van der Waals surface area (Å²) < 4.78 is 23.7. The maximum Gasteiger partial charge on any atom is 0.251 e. The Balaban J connectivity index is 1.51. The summed E-state index contributed by atoms with van der Waals surface area (Å²) in [7, 11) is 3.24. The van der Waals surface area contributed by atoms with E-state index in [4.69, 9.17) is 29.7 Å². The number of rotatable bonds is 16. The minimum absolute atomic E-state index is 0.207. The number of imidazole rings is 1. The van der Waals surface area contributed by atoms with E-state index in [0.29, 0.717) is 91.3 Å². The van der Waals surface area contributed by atoms with Gasteiger partial charge in [0, 0.05) is 41.9 Å². The predicted molar refractivity (Wildman–Crippen MR) is 190 cm³/mol. The number of carbonyl (C=O) groups is 1. The van der Waals surface area contributed by atoms with Gasteiger partial charge >= 0.3 is 0 Å². The average Bonchev–Trinajstić information content (AvgIpc) is 3.54. The van der Waals surface area contributed by atoms with Crippen molar-refractivity contribution in [3.05, 3.63) is 113 Å². The Morgan fingerprint density at radius 3 is 1.90 bits per heavy atom. The van der Waals surface area contributed by atoms with Gasteiger partial charge in [0.15, 0.2) is 0 Å². The Bertz CT molecular complexity index is 1940. The van der Waals surface area contributed by atoms with E-state index in [-0.39, 0.29) is 5.91 Å². The zero-order valence-electron chi connectivity index (χ0n) is 28.0. The van der Waals surface area contributed by atoms with Crippen LogP contribution in [-0.2, 0) is 16.0 Å². The molecule has 0 fully saturated rings. The molecule has 0 radical (unpaired) electrons. The molecule has 0 saturated carbocycles. The number of benzene rings is 4. The summed E-state index contributed by atoms with van der Waals surface area (Å²) in [6.45, 7) is 2.94. The van der Waals surface area contributed by atoms with Crippen LogP contribution in [-0.4, -0.2) is 69.2 Å². The number of nitrogens with zero attached hydrogens (tertiary/aromatic N) is 4. The van der Waals surface area contributed by atoms with Crippen LogP contribution in [0.15, 0.2) is 91.0 Å². The molecule has 0 aliphatic heterocycles. The van der Waals surface area contributed by atoms with E-state index < -0.39 is 0 Å². The second-order valence-corrected chi connectivity index (χ2v) is 11.2. The summed E-state index contributed by atoms with van der Waals surface area (Å²) in [4.78, 5) is 18.0. The molecule has 0 saturated heterocycles. The van der Waals surface area contributed by atoms with Gasteiger partial charge in [-0.2, -0.15) is 10.5 Å². The van der Waals surface area contributed by atoms with Crippen LogP contribution in [0.5, 0.6) is 11.5 Å². The van der Waals surface area contributed by atoms with E-state index in [2.05, 4.69) is 22.0 Å². The SMILES string of the molecule is COc1ccc(-c2nc(-c3cc(C#N)cc(C#N)c3)n(Cc3ccc(C(=O)NCCOCCOCCN)cc3)c2-c2ccc(OC)cc2)cc1. The highest BCUT2D eigenvalue weighted by Gasteiger charge is 2.23. The first kappa shape index (κ1) is 35.3. The fourth-order valence-corrected chi connectivity index (χ4v) is 5.39. The number of hydrogen-bond acceptors (Lipinski definition) is 9. The highest BCUT2D eigenvalue weighted by atomic mass is 16.5. The lowest BCUT2D eigenvalue weighted by Crippen LogP contribution is -2.27.